The highest BCUT2D eigenvalue weighted by Gasteiger charge is 2.55. The molecular formula is C18H15BrN4O. The molecule has 1 N–H and O–H groups in total. The highest BCUT2D eigenvalue weighted by molar-refractivity contribution is 9.10. The summed E-state index contributed by atoms with van der Waals surface area (Å²) in [5.41, 5.74) is 3.87. The van der Waals surface area contributed by atoms with Gasteiger partial charge in [-0.05, 0) is 64.5 Å². The van der Waals surface area contributed by atoms with E-state index in [-0.39, 0.29) is 17.9 Å². The first-order chi connectivity index (χ1) is 11.7. The number of H-pyrrole nitrogens is 1. The van der Waals surface area contributed by atoms with Gasteiger partial charge in [0.05, 0.1) is 29.3 Å². The minimum absolute atomic E-state index is 0.0750. The Morgan fingerprint density at radius 3 is 2.79 bits per heavy atom. The molecule has 1 amide bonds. The van der Waals surface area contributed by atoms with Crippen molar-refractivity contribution in [2.24, 2.45) is 11.8 Å². The molecule has 24 heavy (non-hydrogen) atoms. The van der Waals surface area contributed by atoms with Crippen molar-refractivity contribution in [1.29, 1.82) is 0 Å². The second-order valence-corrected chi connectivity index (χ2v) is 7.35. The van der Waals surface area contributed by atoms with Crippen molar-refractivity contribution < 1.29 is 4.79 Å². The maximum absolute atomic E-state index is 12.8. The first kappa shape index (κ1) is 14.2. The lowest BCUT2D eigenvalue weighted by atomic mass is 9.79. The van der Waals surface area contributed by atoms with E-state index in [1.165, 1.54) is 0 Å². The summed E-state index contributed by atoms with van der Waals surface area (Å²) in [6.45, 7) is 0. The summed E-state index contributed by atoms with van der Waals surface area (Å²) in [6, 6.07) is 10.0. The number of nitrogens with one attached hydrogen (secondary N) is 1. The molecule has 1 aromatic carbocycles. The van der Waals surface area contributed by atoms with Gasteiger partial charge < -0.3 is 9.88 Å². The van der Waals surface area contributed by atoms with Crippen molar-refractivity contribution in [3.63, 3.8) is 0 Å². The summed E-state index contributed by atoms with van der Waals surface area (Å²) < 4.78 is 0.810. The van der Waals surface area contributed by atoms with Crippen molar-refractivity contribution >= 4 is 38.6 Å². The summed E-state index contributed by atoms with van der Waals surface area (Å²) in [5.74, 6) is 0.841. The number of anilines is 1. The Labute approximate surface area is 147 Å². The lowest BCUT2D eigenvalue weighted by molar-refractivity contribution is -0.131. The minimum Gasteiger partial charge on any atom is -0.345 e. The number of amides is 1. The van der Waals surface area contributed by atoms with E-state index in [4.69, 9.17) is 0 Å². The SMILES string of the molecule is O=C1[C@H](C2CC2)[C@H](c2ccc(Br)nc2)N1c1ccc2nc[nH]c2c1. The molecule has 0 radical (unpaired) electrons. The number of hydrogen-bond acceptors (Lipinski definition) is 3. The fraction of sp³-hybridized carbons (Fsp3) is 0.278. The zero-order chi connectivity index (χ0) is 16.3. The fourth-order valence-corrected chi connectivity index (χ4v) is 3.94. The van der Waals surface area contributed by atoms with Gasteiger partial charge >= 0.3 is 0 Å². The molecule has 3 heterocycles. The Morgan fingerprint density at radius 1 is 1.17 bits per heavy atom. The fourth-order valence-electron chi connectivity index (χ4n) is 3.71. The molecule has 1 aliphatic heterocycles. The third-order valence-electron chi connectivity index (χ3n) is 5.04. The summed E-state index contributed by atoms with van der Waals surface area (Å²) in [5, 5.41) is 0. The Bertz CT molecular complexity index is 932. The van der Waals surface area contributed by atoms with Crippen molar-refractivity contribution in [2.45, 2.75) is 18.9 Å². The zero-order valence-corrected chi connectivity index (χ0v) is 14.4. The average Bonchev–Trinajstić information content (AvgIpc) is 3.29. The van der Waals surface area contributed by atoms with E-state index in [9.17, 15) is 4.79 Å². The average molecular weight is 383 g/mol. The van der Waals surface area contributed by atoms with Gasteiger partial charge in [-0.1, -0.05) is 6.07 Å². The van der Waals surface area contributed by atoms with Gasteiger partial charge in [0.15, 0.2) is 0 Å². The summed E-state index contributed by atoms with van der Waals surface area (Å²) in [4.78, 5) is 26.5. The Balaban J connectivity index is 1.57. The Hall–Kier alpha value is -2.21. The van der Waals surface area contributed by atoms with Gasteiger partial charge in [0.25, 0.3) is 0 Å². The first-order valence-electron chi connectivity index (χ1n) is 8.10. The van der Waals surface area contributed by atoms with Crippen LogP contribution in [-0.4, -0.2) is 20.9 Å². The number of rotatable bonds is 3. The summed E-state index contributed by atoms with van der Waals surface area (Å²) >= 11 is 3.38. The molecule has 0 bridgehead atoms. The number of β-lactam (4-membered cyclic amide) rings is 1. The molecule has 3 aromatic rings. The van der Waals surface area contributed by atoms with E-state index >= 15 is 0 Å². The molecule has 0 spiro atoms. The van der Waals surface area contributed by atoms with Gasteiger partial charge in [-0.25, -0.2) is 9.97 Å². The normalized spacial score (nSPS) is 23.5. The smallest absolute Gasteiger partial charge is 0.233 e. The highest BCUT2D eigenvalue weighted by Crippen LogP contribution is 2.53. The lowest BCUT2D eigenvalue weighted by Gasteiger charge is -2.47. The number of halogens is 1. The van der Waals surface area contributed by atoms with Crippen LogP contribution in [0.4, 0.5) is 5.69 Å². The molecule has 0 unspecified atom stereocenters. The second-order valence-electron chi connectivity index (χ2n) is 6.53. The van der Waals surface area contributed by atoms with Crippen LogP contribution in [-0.2, 0) is 4.79 Å². The van der Waals surface area contributed by atoms with Crippen LogP contribution < -0.4 is 4.90 Å². The largest absolute Gasteiger partial charge is 0.345 e. The molecule has 120 valence electrons. The number of carbonyl (C=O) groups is 1. The highest BCUT2D eigenvalue weighted by atomic mass is 79.9. The summed E-state index contributed by atoms with van der Waals surface area (Å²) in [7, 11) is 0. The third-order valence-corrected chi connectivity index (χ3v) is 5.51. The Kier molecular flexibility index (Phi) is 3.03. The maximum atomic E-state index is 12.8. The van der Waals surface area contributed by atoms with Crippen LogP contribution in [0.3, 0.4) is 0 Å². The van der Waals surface area contributed by atoms with Crippen molar-refractivity contribution in [3.05, 3.63) is 53.0 Å². The van der Waals surface area contributed by atoms with Crippen molar-refractivity contribution in [3.8, 4) is 0 Å². The van der Waals surface area contributed by atoms with E-state index in [1.54, 1.807) is 6.33 Å². The number of pyridine rings is 1. The van der Waals surface area contributed by atoms with Crippen LogP contribution in [0.25, 0.3) is 11.0 Å². The molecule has 5 nitrogen and oxygen atoms in total. The van der Waals surface area contributed by atoms with E-state index in [0.29, 0.717) is 5.92 Å². The Morgan fingerprint density at radius 2 is 2.04 bits per heavy atom. The van der Waals surface area contributed by atoms with Gasteiger partial charge in [0.1, 0.15) is 4.60 Å². The predicted molar refractivity (Wildman–Crippen MR) is 94.5 cm³/mol. The molecular weight excluding hydrogens is 368 g/mol. The van der Waals surface area contributed by atoms with Gasteiger partial charge in [0, 0.05) is 11.9 Å². The molecule has 5 rings (SSSR count). The zero-order valence-electron chi connectivity index (χ0n) is 12.8. The quantitative estimate of drug-likeness (QED) is 0.552. The van der Waals surface area contributed by atoms with Gasteiger partial charge in [-0.2, -0.15) is 0 Å². The molecule has 1 saturated heterocycles. The summed E-state index contributed by atoms with van der Waals surface area (Å²) in [6.07, 6.45) is 5.86. The molecule has 2 fully saturated rings. The third kappa shape index (κ3) is 2.09. The predicted octanol–water partition coefficient (Wildman–Crippen LogP) is 3.83. The topological polar surface area (TPSA) is 61.9 Å². The number of nitrogens with zero attached hydrogens (tertiary/aromatic N) is 3. The molecule has 2 atom stereocenters. The van der Waals surface area contributed by atoms with Crippen LogP contribution in [0.5, 0.6) is 0 Å². The first-order valence-corrected chi connectivity index (χ1v) is 8.89. The number of imidazole rings is 1. The van der Waals surface area contributed by atoms with Crippen LogP contribution in [0.2, 0.25) is 0 Å². The number of benzene rings is 1. The number of fused-ring (bicyclic) bond motifs is 1. The van der Waals surface area contributed by atoms with Crippen molar-refractivity contribution in [1.82, 2.24) is 15.0 Å². The lowest BCUT2D eigenvalue weighted by Crippen LogP contribution is -2.56. The van der Waals surface area contributed by atoms with Gasteiger partial charge in [0.2, 0.25) is 5.91 Å². The molecule has 2 aromatic heterocycles. The second kappa shape index (κ2) is 5.14. The van der Waals surface area contributed by atoms with Crippen LogP contribution in [0.15, 0.2) is 47.5 Å². The van der Waals surface area contributed by atoms with Crippen LogP contribution in [0.1, 0.15) is 24.4 Å². The van der Waals surface area contributed by atoms with E-state index in [1.807, 2.05) is 35.4 Å². The number of hydrogen-bond donors (Lipinski definition) is 1. The van der Waals surface area contributed by atoms with Crippen LogP contribution in [0, 0.1) is 11.8 Å². The maximum Gasteiger partial charge on any atom is 0.233 e. The molecule has 2 aliphatic rings. The number of aromatic nitrogens is 3. The van der Waals surface area contributed by atoms with E-state index in [2.05, 4.69) is 36.9 Å². The van der Waals surface area contributed by atoms with Gasteiger partial charge in [-0.15, -0.1) is 0 Å². The van der Waals surface area contributed by atoms with Crippen molar-refractivity contribution in [2.75, 3.05) is 4.90 Å². The van der Waals surface area contributed by atoms with Gasteiger partial charge in [-0.3, -0.25) is 4.79 Å². The van der Waals surface area contributed by atoms with Crippen LogP contribution >= 0.6 is 15.9 Å². The standard InChI is InChI=1S/C18H15BrN4O/c19-15-6-3-11(8-20-15)17-16(10-1-2-10)18(24)23(17)12-4-5-13-14(7-12)22-9-21-13/h3-10,16-17H,1-2H2,(H,21,22)/t16-,17+/m1/s1. The monoisotopic (exact) mass is 382 g/mol. The molecule has 1 saturated carbocycles. The number of aromatic amines is 1. The van der Waals surface area contributed by atoms with E-state index < -0.39 is 0 Å². The van der Waals surface area contributed by atoms with E-state index in [0.717, 1.165) is 39.7 Å². The molecule has 1 aliphatic carbocycles. The molecule has 6 heteroatoms. The number of carbonyl (C=O) groups excluding carboxylic acids is 1. The minimum atomic E-state index is 0.0750.